The van der Waals surface area contributed by atoms with Gasteiger partial charge in [-0.3, -0.25) is 0 Å². The molecule has 0 unspecified atom stereocenters. The minimum Gasteiger partial charge on any atom is -0.465 e. The van der Waals surface area contributed by atoms with Gasteiger partial charge in [-0.05, 0) is 32.1 Å². The number of nitrogens with two attached hydrogens (primary N) is 1. The van der Waals surface area contributed by atoms with E-state index in [1.165, 1.54) is 17.0 Å². The van der Waals surface area contributed by atoms with Gasteiger partial charge in [0.1, 0.15) is 5.82 Å². The smallest absolute Gasteiger partial charge is 0.407 e. The summed E-state index contributed by atoms with van der Waals surface area (Å²) in [6.45, 7) is 2.27. The van der Waals surface area contributed by atoms with E-state index >= 15 is 0 Å². The summed E-state index contributed by atoms with van der Waals surface area (Å²) in [5, 5.41) is 8.89. The van der Waals surface area contributed by atoms with Gasteiger partial charge in [-0.25, -0.2) is 18.0 Å². The summed E-state index contributed by atoms with van der Waals surface area (Å²) in [6, 6.07) is 3.27. The van der Waals surface area contributed by atoms with Crippen molar-refractivity contribution in [1.82, 2.24) is 4.90 Å². The van der Waals surface area contributed by atoms with E-state index in [1.807, 2.05) is 0 Å². The standard InChI is InChI=1S/C17H23F3N2O2/c1-11(21)13-3-2-4-14(15(13)18)17(19,20)8-5-12-6-9-22(10-7-12)16(23)24/h2-4,11-12H,5-10,21H2,1H3,(H,23,24)/t11-/m1/s1. The van der Waals surface area contributed by atoms with Crippen LogP contribution in [-0.2, 0) is 5.92 Å². The fourth-order valence-electron chi connectivity index (χ4n) is 3.12. The van der Waals surface area contributed by atoms with E-state index in [4.69, 9.17) is 10.8 Å². The second-order valence-electron chi connectivity index (χ2n) is 6.45. The molecule has 1 heterocycles. The van der Waals surface area contributed by atoms with Crippen molar-refractivity contribution < 1.29 is 23.1 Å². The summed E-state index contributed by atoms with van der Waals surface area (Å²) in [5.74, 6) is -4.16. The Hall–Kier alpha value is -1.76. The third kappa shape index (κ3) is 4.20. The van der Waals surface area contributed by atoms with Crippen molar-refractivity contribution in [2.24, 2.45) is 11.7 Å². The van der Waals surface area contributed by atoms with Crippen LogP contribution in [0.3, 0.4) is 0 Å². The number of hydrogen-bond acceptors (Lipinski definition) is 2. The second kappa shape index (κ2) is 7.42. The first-order chi connectivity index (χ1) is 11.2. The molecule has 1 aromatic rings. The van der Waals surface area contributed by atoms with Crippen LogP contribution in [0.4, 0.5) is 18.0 Å². The third-order valence-electron chi connectivity index (χ3n) is 4.66. The van der Waals surface area contributed by atoms with Gasteiger partial charge in [-0.15, -0.1) is 0 Å². The van der Waals surface area contributed by atoms with E-state index in [0.717, 1.165) is 6.07 Å². The van der Waals surface area contributed by atoms with Gasteiger partial charge in [0.15, 0.2) is 0 Å². The molecule has 0 bridgehead atoms. The molecule has 2 rings (SSSR count). The summed E-state index contributed by atoms with van der Waals surface area (Å²) < 4.78 is 43.2. The minimum atomic E-state index is -3.26. The number of halogens is 3. The number of carbonyl (C=O) groups is 1. The zero-order chi connectivity index (χ0) is 17.9. The highest BCUT2D eigenvalue weighted by atomic mass is 19.3. The van der Waals surface area contributed by atoms with Crippen LogP contribution in [0.15, 0.2) is 18.2 Å². The Morgan fingerprint density at radius 3 is 2.58 bits per heavy atom. The Kier molecular flexibility index (Phi) is 5.74. The first-order valence-corrected chi connectivity index (χ1v) is 8.12. The molecular weight excluding hydrogens is 321 g/mol. The topological polar surface area (TPSA) is 66.6 Å². The predicted octanol–water partition coefficient (Wildman–Crippen LogP) is 4.11. The lowest BCUT2D eigenvalue weighted by molar-refractivity contribution is -0.0248. The molecule has 1 atom stereocenters. The number of nitrogens with zero attached hydrogens (tertiary/aromatic N) is 1. The van der Waals surface area contributed by atoms with E-state index in [9.17, 15) is 18.0 Å². The van der Waals surface area contributed by atoms with Crippen molar-refractivity contribution >= 4 is 6.09 Å². The molecular formula is C17H23F3N2O2. The number of piperidine rings is 1. The quantitative estimate of drug-likeness (QED) is 0.845. The maximum absolute atomic E-state index is 14.4. The van der Waals surface area contributed by atoms with Crippen LogP contribution < -0.4 is 5.73 Å². The number of likely N-dealkylation sites (tertiary alicyclic amines) is 1. The molecule has 3 N–H and O–H groups in total. The number of benzene rings is 1. The van der Waals surface area contributed by atoms with Gasteiger partial charge in [0.05, 0.1) is 5.56 Å². The number of rotatable bonds is 5. The number of hydrogen-bond donors (Lipinski definition) is 2. The van der Waals surface area contributed by atoms with Gasteiger partial charge in [-0.2, -0.15) is 0 Å². The summed E-state index contributed by atoms with van der Waals surface area (Å²) in [7, 11) is 0. The van der Waals surface area contributed by atoms with Crippen LogP contribution in [0.5, 0.6) is 0 Å². The van der Waals surface area contributed by atoms with Gasteiger partial charge in [0.2, 0.25) is 0 Å². The Morgan fingerprint density at radius 2 is 2.04 bits per heavy atom. The normalized spacial score (nSPS) is 17.8. The van der Waals surface area contributed by atoms with Crippen LogP contribution in [0.1, 0.15) is 49.8 Å². The van der Waals surface area contributed by atoms with Crippen molar-refractivity contribution in [3.05, 3.63) is 35.1 Å². The van der Waals surface area contributed by atoms with Crippen molar-refractivity contribution in [3.63, 3.8) is 0 Å². The third-order valence-corrected chi connectivity index (χ3v) is 4.66. The van der Waals surface area contributed by atoms with Crippen LogP contribution in [0.2, 0.25) is 0 Å². The average molecular weight is 344 g/mol. The van der Waals surface area contributed by atoms with Gasteiger partial charge in [-0.1, -0.05) is 18.2 Å². The predicted molar refractivity (Wildman–Crippen MR) is 84.5 cm³/mol. The van der Waals surface area contributed by atoms with Gasteiger partial charge >= 0.3 is 6.09 Å². The van der Waals surface area contributed by atoms with E-state index in [1.54, 1.807) is 6.92 Å². The minimum absolute atomic E-state index is 0.0335. The Labute approximate surface area is 139 Å². The first kappa shape index (κ1) is 18.6. The molecule has 1 aromatic carbocycles. The zero-order valence-corrected chi connectivity index (χ0v) is 13.6. The largest absolute Gasteiger partial charge is 0.465 e. The highest BCUT2D eigenvalue weighted by Gasteiger charge is 2.36. The maximum atomic E-state index is 14.4. The van der Waals surface area contributed by atoms with Crippen LogP contribution in [0, 0.1) is 11.7 Å². The fourth-order valence-corrected chi connectivity index (χ4v) is 3.12. The lowest BCUT2D eigenvalue weighted by Crippen LogP contribution is -2.37. The van der Waals surface area contributed by atoms with E-state index in [2.05, 4.69) is 0 Å². The molecule has 1 fully saturated rings. The molecule has 4 nitrogen and oxygen atoms in total. The average Bonchev–Trinajstić information content (AvgIpc) is 2.53. The van der Waals surface area contributed by atoms with Gasteiger partial charge in [0, 0.05) is 31.1 Å². The van der Waals surface area contributed by atoms with Crippen molar-refractivity contribution in [2.75, 3.05) is 13.1 Å². The van der Waals surface area contributed by atoms with E-state index in [0.29, 0.717) is 25.9 Å². The van der Waals surface area contributed by atoms with Crippen LogP contribution >= 0.6 is 0 Å². The highest BCUT2D eigenvalue weighted by molar-refractivity contribution is 5.64. The van der Waals surface area contributed by atoms with E-state index in [-0.39, 0.29) is 17.9 Å². The van der Waals surface area contributed by atoms with Crippen LogP contribution in [0.25, 0.3) is 0 Å². The van der Waals surface area contributed by atoms with Crippen LogP contribution in [-0.4, -0.2) is 29.2 Å². The maximum Gasteiger partial charge on any atom is 0.407 e. The molecule has 0 aliphatic carbocycles. The number of amides is 1. The summed E-state index contributed by atoms with van der Waals surface area (Å²) in [4.78, 5) is 12.1. The Morgan fingerprint density at radius 1 is 1.42 bits per heavy atom. The van der Waals surface area contributed by atoms with Crippen molar-refractivity contribution in [1.29, 1.82) is 0 Å². The lowest BCUT2D eigenvalue weighted by atomic mass is 9.89. The SMILES string of the molecule is C[C@@H](N)c1cccc(C(F)(F)CCC2CCN(C(=O)O)CC2)c1F. The van der Waals surface area contributed by atoms with Gasteiger partial charge in [0.25, 0.3) is 5.92 Å². The van der Waals surface area contributed by atoms with Gasteiger partial charge < -0.3 is 15.7 Å². The monoisotopic (exact) mass is 344 g/mol. The molecule has 1 aliphatic heterocycles. The molecule has 0 spiro atoms. The molecule has 0 radical (unpaired) electrons. The fraction of sp³-hybridized carbons (Fsp3) is 0.588. The molecule has 1 aliphatic rings. The van der Waals surface area contributed by atoms with Crippen molar-refractivity contribution in [2.45, 2.75) is 44.6 Å². The summed E-state index contributed by atoms with van der Waals surface area (Å²) in [5.41, 5.74) is 5.09. The molecule has 1 saturated heterocycles. The number of carboxylic acid groups (broad SMARTS) is 1. The Balaban J connectivity index is 2.00. The Bertz CT molecular complexity index is 585. The molecule has 7 heteroatoms. The second-order valence-corrected chi connectivity index (χ2v) is 6.45. The summed E-state index contributed by atoms with van der Waals surface area (Å²) in [6.07, 6.45) is -0.0736. The number of alkyl halides is 2. The first-order valence-electron chi connectivity index (χ1n) is 8.12. The lowest BCUT2D eigenvalue weighted by Gasteiger charge is -2.31. The van der Waals surface area contributed by atoms with Crippen molar-refractivity contribution in [3.8, 4) is 0 Å². The molecule has 134 valence electrons. The van der Waals surface area contributed by atoms with E-state index < -0.39 is 35.9 Å². The highest BCUT2D eigenvalue weighted by Crippen LogP contribution is 2.38. The molecule has 1 amide bonds. The summed E-state index contributed by atoms with van der Waals surface area (Å²) >= 11 is 0. The molecule has 0 aromatic heterocycles. The molecule has 24 heavy (non-hydrogen) atoms. The molecule has 0 saturated carbocycles. The zero-order valence-electron chi connectivity index (χ0n) is 13.6.